The summed E-state index contributed by atoms with van der Waals surface area (Å²) in [5, 5.41) is 15.6. The van der Waals surface area contributed by atoms with E-state index in [0.29, 0.717) is 16.5 Å². The molecule has 1 fully saturated rings. The fourth-order valence-corrected chi connectivity index (χ4v) is 3.79. The van der Waals surface area contributed by atoms with E-state index in [0.717, 1.165) is 10.5 Å². The highest BCUT2D eigenvalue weighted by Crippen LogP contribution is 2.24. The molecule has 2 aromatic carbocycles. The summed E-state index contributed by atoms with van der Waals surface area (Å²) in [6.45, 7) is 0.395. The number of carbonyl (C=O) groups is 3. The largest absolute Gasteiger partial charge is 0.477 e. The average Bonchev–Trinajstić information content (AvgIpc) is 2.92. The van der Waals surface area contributed by atoms with Gasteiger partial charge in [-0.15, -0.1) is 0 Å². The van der Waals surface area contributed by atoms with E-state index < -0.39 is 24.3 Å². The van der Waals surface area contributed by atoms with E-state index in [1.165, 1.54) is 24.1 Å². The van der Waals surface area contributed by atoms with Gasteiger partial charge in [0.2, 0.25) is 5.88 Å². The first kappa shape index (κ1) is 27.6. The molecule has 39 heavy (non-hydrogen) atoms. The van der Waals surface area contributed by atoms with Gasteiger partial charge in [-0.3, -0.25) is 10.2 Å². The average molecular weight is 556 g/mol. The van der Waals surface area contributed by atoms with E-state index in [4.69, 9.17) is 30.9 Å². The van der Waals surface area contributed by atoms with Crippen LogP contribution in [-0.2, 0) is 16.0 Å². The number of carbonyl (C=O) groups excluding carboxylic acids is 2. The minimum Gasteiger partial charge on any atom is -0.477 e. The second-order valence-corrected chi connectivity index (χ2v) is 8.73. The zero-order valence-corrected chi connectivity index (χ0v) is 21.6. The third-order valence-corrected chi connectivity index (χ3v) is 5.79. The molecule has 0 bridgehead atoms. The highest BCUT2D eigenvalue weighted by molar-refractivity contribution is 6.30. The summed E-state index contributed by atoms with van der Waals surface area (Å²) in [6, 6.07) is 17.1. The van der Waals surface area contributed by atoms with Crippen LogP contribution in [0.1, 0.15) is 16.1 Å². The number of imide groups is 1. The lowest BCUT2D eigenvalue weighted by Gasteiger charge is -2.41. The van der Waals surface area contributed by atoms with Crippen molar-refractivity contribution in [2.75, 3.05) is 32.4 Å². The molecular weight excluding hydrogens is 530 g/mol. The van der Waals surface area contributed by atoms with Crippen molar-refractivity contribution in [3.63, 3.8) is 0 Å². The van der Waals surface area contributed by atoms with Gasteiger partial charge in [0.1, 0.15) is 12.5 Å². The van der Waals surface area contributed by atoms with Crippen molar-refractivity contribution in [1.82, 2.24) is 20.1 Å². The zero-order valence-electron chi connectivity index (χ0n) is 20.9. The molecule has 1 unspecified atom stereocenters. The highest BCUT2D eigenvalue weighted by atomic mass is 35.5. The van der Waals surface area contributed by atoms with Crippen LogP contribution >= 0.6 is 11.6 Å². The summed E-state index contributed by atoms with van der Waals surface area (Å²) in [6.07, 6.45) is -0.863. The number of ether oxygens (including phenoxy) is 3. The molecule has 12 nitrogen and oxygen atoms in total. The number of hydrogen-bond acceptors (Lipinski definition) is 8. The Labute approximate surface area is 229 Å². The van der Waals surface area contributed by atoms with Gasteiger partial charge in [-0.05, 0) is 48.0 Å². The van der Waals surface area contributed by atoms with Crippen LogP contribution in [0.2, 0.25) is 5.02 Å². The lowest BCUT2D eigenvalue weighted by Crippen LogP contribution is -2.67. The summed E-state index contributed by atoms with van der Waals surface area (Å²) in [5.74, 6) is -0.614. The highest BCUT2D eigenvalue weighted by Gasteiger charge is 2.38. The summed E-state index contributed by atoms with van der Waals surface area (Å²) < 4.78 is 15.7. The number of nitrogens with zero attached hydrogens (tertiary/aromatic N) is 3. The minimum atomic E-state index is -1.16. The van der Waals surface area contributed by atoms with Gasteiger partial charge >= 0.3 is 18.0 Å². The number of aromatic carboxylic acids is 1. The quantitative estimate of drug-likeness (QED) is 0.221. The van der Waals surface area contributed by atoms with Crippen LogP contribution in [0.25, 0.3) is 0 Å². The number of rotatable bonds is 12. The monoisotopic (exact) mass is 555 g/mol. The molecule has 4 rings (SSSR count). The van der Waals surface area contributed by atoms with Gasteiger partial charge < -0.3 is 24.6 Å². The number of anilines is 1. The lowest BCUT2D eigenvalue weighted by molar-refractivity contribution is -0.0342. The molecule has 204 valence electrons. The molecule has 0 saturated carbocycles. The number of aromatic nitrogens is 1. The fourth-order valence-electron chi connectivity index (χ4n) is 3.67. The molecule has 2 heterocycles. The van der Waals surface area contributed by atoms with Gasteiger partial charge in [0, 0.05) is 23.9 Å². The van der Waals surface area contributed by atoms with E-state index in [9.17, 15) is 14.4 Å². The molecule has 3 aromatic rings. The second-order valence-electron chi connectivity index (χ2n) is 8.29. The van der Waals surface area contributed by atoms with E-state index in [2.05, 4.69) is 15.6 Å². The SMILES string of the molecule is COCOCCN1C(=O)NC(Nc2ccc(Oc3cccc(C(=O)O)n3)cc2)N(Cc2ccc(Cl)cc2)C1=O. The number of hydrogen-bond donors (Lipinski definition) is 3. The molecule has 4 amide bonds. The molecule has 13 heteroatoms. The number of carboxylic acid groups (broad SMARTS) is 1. The smallest absolute Gasteiger partial charge is 0.354 e. The van der Waals surface area contributed by atoms with Gasteiger partial charge in [-0.25, -0.2) is 24.3 Å². The zero-order chi connectivity index (χ0) is 27.8. The standard InChI is InChI=1S/C26H26ClN5O7/c1-37-16-38-14-13-31-25(35)30-24(32(26(31)36)15-17-5-7-18(27)8-6-17)28-19-9-11-20(12-10-19)39-22-4-2-3-21(29-22)23(33)34/h2-12,24,28H,13-16H2,1H3,(H,30,35)(H,33,34). The Morgan fingerprint density at radius 1 is 1.10 bits per heavy atom. The normalized spacial score (nSPS) is 15.2. The fraction of sp³-hybridized carbons (Fsp3) is 0.231. The Morgan fingerprint density at radius 3 is 2.54 bits per heavy atom. The number of pyridine rings is 1. The van der Waals surface area contributed by atoms with Crippen LogP contribution in [-0.4, -0.2) is 71.3 Å². The van der Waals surface area contributed by atoms with Crippen LogP contribution in [0, 0.1) is 0 Å². The van der Waals surface area contributed by atoms with Crippen molar-refractivity contribution in [2.45, 2.75) is 12.8 Å². The van der Waals surface area contributed by atoms with Crippen LogP contribution in [0.3, 0.4) is 0 Å². The number of amides is 4. The van der Waals surface area contributed by atoms with Crippen molar-refractivity contribution in [2.24, 2.45) is 0 Å². The molecule has 0 radical (unpaired) electrons. The minimum absolute atomic E-state index is 0.0427. The Morgan fingerprint density at radius 2 is 1.85 bits per heavy atom. The van der Waals surface area contributed by atoms with Gasteiger partial charge in [0.25, 0.3) is 0 Å². The predicted molar refractivity (Wildman–Crippen MR) is 141 cm³/mol. The first-order valence-corrected chi connectivity index (χ1v) is 12.2. The van der Waals surface area contributed by atoms with Crippen LogP contribution in [0.5, 0.6) is 11.6 Å². The third-order valence-electron chi connectivity index (χ3n) is 5.54. The van der Waals surface area contributed by atoms with Crippen molar-refractivity contribution >= 4 is 35.3 Å². The summed E-state index contributed by atoms with van der Waals surface area (Å²) in [7, 11) is 1.48. The third kappa shape index (κ3) is 7.35. The second kappa shape index (κ2) is 12.9. The Balaban J connectivity index is 1.48. The molecule has 1 aliphatic rings. The van der Waals surface area contributed by atoms with Gasteiger partial charge in [-0.1, -0.05) is 29.8 Å². The number of urea groups is 2. The molecule has 1 saturated heterocycles. The first-order valence-electron chi connectivity index (χ1n) is 11.8. The van der Waals surface area contributed by atoms with Crippen molar-refractivity contribution < 1.29 is 33.7 Å². The van der Waals surface area contributed by atoms with E-state index in [-0.39, 0.29) is 38.1 Å². The van der Waals surface area contributed by atoms with E-state index in [1.54, 1.807) is 54.6 Å². The maximum atomic E-state index is 13.4. The van der Waals surface area contributed by atoms with Crippen molar-refractivity contribution in [3.05, 3.63) is 83.0 Å². The van der Waals surface area contributed by atoms with Crippen molar-refractivity contribution in [3.8, 4) is 11.6 Å². The number of methoxy groups -OCH3 is 1. The van der Waals surface area contributed by atoms with Crippen LogP contribution in [0.15, 0.2) is 66.7 Å². The van der Waals surface area contributed by atoms with Gasteiger partial charge in [-0.2, -0.15) is 0 Å². The lowest BCUT2D eigenvalue weighted by atomic mass is 10.2. The number of nitrogens with one attached hydrogen (secondary N) is 2. The maximum absolute atomic E-state index is 13.4. The first-order chi connectivity index (χ1) is 18.8. The number of benzene rings is 2. The molecule has 0 spiro atoms. The maximum Gasteiger partial charge on any atom is 0.354 e. The number of carboxylic acids is 1. The summed E-state index contributed by atoms with van der Waals surface area (Å²) >= 11 is 6.01. The summed E-state index contributed by atoms with van der Waals surface area (Å²) in [5.41, 5.74) is 1.26. The molecule has 1 aliphatic heterocycles. The summed E-state index contributed by atoms with van der Waals surface area (Å²) in [4.78, 5) is 43.8. The Kier molecular flexibility index (Phi) is 9.15. The van der Waals surface area contributed by atoms with E-state index >= 15 is 0 Å². The molecule has 0 aliphatic carbocycles. The molecule has 3 N–H and O–H groups in total. The predicted octanol–water partition coefficient (Wildman–Crippen LogP) is 4.19. The van der Waals surface area contributed by atoms with Crippen molar-refractivity contribution in [1.29, 1.82) is 0 Å². The van der Waals surface area contributed by atoms with Gasteiger partial charge in [0.15, 0.2) is 12.0 Å². The van der Waals surface area contributed by atoms with Gasteiger partial charge in [0.05, 0.1) is 19.7 Å². The number of halogens is 1. The molecular formula is C26H26ClN5O7. The van der Waals surface area contributed by atoms with Crippen LogP contribution < -0.4 is 15.4 Å². The Hall–Kier alpha value is -4.39. The Bertz CT molecular complexity index is 1310. The molecule has 1 atom stereocenters. The topological polar surface area (TPSA) is 143 Å². The van der Waals surface area contributed by atoms with E-state index in [1.807, 2.05) is 0 Å². The molecule has 1 aromatic heterocycles. The van der Waals surface area contributed by atoms with Crippen LogP contribution in [0.4, 0.5) is 15.3 Å².